The minimum Gasteiger partial charge on any atom is -0.497 e. The molecule has 1 saturated heterocycles. The van der Waals surface area contributed by atoms with E-state index in [1.165, 1.54) is 0 Å². The Morgan fingerprint density at radius 2 is 1.70 bits per heavy atom. The van der Waals surface area contributed by atoms with Crippen molar-refractivity contribution in [2.24, 2.45) is 0 Å². The molecular formula is C21H26O5S. The van der Waals surface area contributed by atoms with E-state index in [2.05, 4.69) is 0 Å². The van der Waals surface area contributed by atoms with E-state index in [4.69, 9.17) is 18.9 Å². The lowest BCUT2D eigenvalue weighted by Crippen LogP contribution is -2.57. The fraction of sp³-hybridized carbons (Fsp3) is 0.429. The van der Waals surface area contributed by atoms with Crippen LogP contribution in [-0.4, -0.2) is 49.2 Å². The smallest absolute Gasteiger partial charge is 0.136 e. The first kappa shape index (κ1) is 20.2. The Balaban J connectivity index is 1.73. The van der Waals surface area contributed by atoms with Crippen LogP contribution >= 0.6 is 11.8 Å². The molecule has 2 aromatic rings. The third-order valence-corrected chi connectivity index (χ3v) is 5.78. The molecule has 0 radical (unpaired) electrons. The van der Waals surface area contributed by atoms with Crippen molar-refractivity contribution in [2.45, 2.75) is 48.3 Å². The molecule has 0 aromatic heterocycles. The topological polar surface area (TPSA) is 57.2 Å². The lowest BCUT2D eigenvalue weighted by Gasteiger charge is -2.42. The Kier molecular flexibility index (Phi) is 7.15. The largest absolute Gasteiger partial charge is 0.497 e. The minimum atomic E-state index is -0.779. The summed E-state index contributed by atoms with van der Waals surface area (Å²) in [4.78, 5) is 1.07. The van der Waals surface area contributed by atoms with Gasteiger partial charge in [0.1, 0.15) is 29.5 Å². The van der Waals surface area contributed by atoms with E-state index in [1.807, 2.05) is 61.5 Å². The van der Waals surface area contributed by atoms with Gasteiger partial charge in [0.05, 0.1) is 19.8 Å². The Morgan fingerprint density at radius 1 is 1.00 bits per heavy atom. The summed E-state index contributed by atoms with van der Waals surface area (Å²) in [5, 5.41) is 10.8. The number of rotatable bonds is 7. The highest BCUT2D eigenvalue weighted by molar-refractivity contribution is 7.99. The molecular weight excluding hydrogens is 364 g/mol. The molecule has 27 heavy (non-hydrogen) atoms. The maximum atomic E-state index is 10.8. The Hall–Kier alpha value is -1.57. The van der Waals surface area contributed by atoms with Crippen LogP contribution in [0.1, 0.15) is 12.5 Å². The summed E-state index contributed by atoms with van der Waals surface area (Å²) in [6.45, 7) is 2.28. The highest BCUT2D eigenvalue weighted by Crippen LogP contribution is 2.35. The van der Waals surface area contributed by atoms with Gasteiger partial charge in [0.25, 0.3) is 0 Å². The molecule has 146 valence electrons. The van der Waals surface area contributed by atoms with Gasteiger partial charge >= 0.3 is 0 Å². The third-order valence-electron chi connectivity index (χ3n) is 4.62. The van der Waals surface area contributed by atoms with Crippen molar-refractivity contribution in [1.82, 2.24) is 0 Å². The zero-order chi connectivity index (χ0) is 19.2. The fourth-order valence-corrected chi connectivity index (χ4v) is 4.33. The predicted octanol–water partition coefficient (Wildman–Crippen LogP) is 3.49. The van der Waals surface area contributed by atoms with Gasteiger partial charge in [-0.05, 0) is 36.8 Å². The first-order chi connectivity index (χ1) is 13.1. The Bertz CT molecular complexity index is 693. The Morgan fingerprint density at radius 3 is 2.33 bits per heavy atom. The van der Waals surface area contributed by atoms with E-state index < -0.39 is 18.3 Å². The monoisotopic (exact) mass is 390 g/mol. The van der Waals surface area contributed by atoms with E-state index in [0.717, 1.165) is 16.2 Å². The van der Waals surface area contributed by atoms with Crippen LogP contribution in [0.4, 0.5) is 0 Å². The quantitative estimate of drug-likeness (QED) is 0.781. The van der Waals surface area contributed by atoms with Gasteiger partial charge < -0.3 is 24.1 Å². The molecule has 0 amide bonds. The van der Waals surface area contributed by atoms with Gasteiger partial charge in [0, 0.05) is 12.0 Å². The third kappa shape index (κ3) is 5.03. The molecule has 0 bridgehead atoms. The van der Waals surface area contributed by atoms with E-state index in [-0.39, 0.29) is 11.5 Å². The second-order valence-electron chi connectivity index (χ2n) is 6.46. The van der Waals surface area contributed by atoms with E-state index >= 15 is 0 Å². The maximum absolute atomic E-state index is 10.8. The fourth-order valence-electron chi connectivity index (χ4n) is 3.14. The summed E-state index contributed by atoms with van der Waals surface area (Å²) in [6.07, 6.45) is -1.96. The molecule has 2 aromatic carbocycles. The molecule has 1 N–H and O–H groups in total. The summed E-state index contributed by atoms with van der Waals surface area (Å²) < 4.78 is 22.9. The van der Waals surface area contributed by atoms with Crippen LogP contribution in [-0.2, 0) is 20.8 Å². The van der Waals surface area contributed by atoms with Gasteiger partial charge in [-0.3, -0.25) is 0 Å². The van der Waals surface area contributed by atoms with Crippen LogP contribution in [0.15, 0.2) is 59.5 Å². The van der Waals surface area contributed by atoms with Gasteiger partial charge in [0.2, 0.25) is 0 Å². The summed E-state index contributed by atoms with van der Waals surface area (Å²) in [6, 6.07) is 17.7. The molecule has 6 heteroatoms. The lowest BCUT2D eigenvalue weighted by molar-refractivity contribution is -0.217. The molecule has 0 spiro atoms. The van der Waals surface area contributed by atoms with Crippen LogP contribution in [0.2, 0.25) is 0 Å². The second kappa shape index (κ2) is 9.57. The molecule has 1 aliphatic rings. The number of aliphatic hydroxyl groups is 1. The Labute approximate surface area is 164 Å². The summed E-state index contributed by atoms with van der Waals surface area (Å²) in [7, 11) is 3.22. The molecule has 0 unspecified atom stereocenters. The summed E-state index contributed by atoms with van der Waals surface area (Å²) in [5.41, 5.74) is 0.668. The van der Waals surface area contributed by atoms with Crippen LogP contribution in [0, 0.1) is 0 Å². The summed E-state index contributed by atoms with van der Waals surface area (Å²) >= 11 is 1.55. The highest BCUT2D eigenvalue weighted by Gasteiger charge is 2.44. The van der Waals surface area contributed by atoms with Crippen molar-refractivity contribution >= 4 is 11.8 Å². The normalized spacial score (nSPS) is 28.1. The van der Waals surface area contributed by atoms with Crippen LogP contribution in [0.25, 0.3) is 0 Å². The number of thioether (sulfide) groups is 1. The zero-order valence-corrected chi connectivity index (χ0v) is 16.6. The number of hydrogen-bond donors (Lipinski definition) is 1. The number of benzene rings is 2. The molecule has 5 atom stereocenters. The standard InChI is InChI=1S/C21H26O5S/c1-14-19(24-3)18(22)20(21(26-14)27-17-7-5-4-6-8-17)25-13-15-9-11-16(23-2)12-10-15/h4-12,14,18-22H,13H2,1-3H3/t14-,18-,19-,20+,21-/m1/s1. The number of ether oxygens (including phenoxy) is 4. The molecule has 1 fully saturated rings. The molecule has 1 heterocycles. The summed E-state index contributed by atoms with van der Waals surface area (Å²) in [5.74, 6) is 0.797. The molecule has 0 saturated carbocycles. The van der Waals surface area contributed by atoms with Gasteiger partial charge in [-0.25, -0.2) is 0 Å². The predicted molar refractivity (Wildman–Crippen MR) is 105 cm³/mol. The van der Waals surface area contributed by atoms with Gasteiger partial charge in [-0.1, -0.05) is 42.1 Å². The van der Waals surface area contributed by atoms with Gasteiger partial charge in [0.15, 0.2) is 0 Å². The number of hydrogen-bond acceptors (Lipinski definition) is 6. The van der Waals surface area contributed by atoms with Crippen molar-refractivity contribution in [3.05, 3.63) is 60.2 Å². The van der Waals surface area contributed by atoms with E-state index in [9.17, 15) is 5.11 Å². The molecule has 5 nitrogen and oxygen atoms in total. The van der Waals surface area contributed by atoms with E-state index in [1.54, 1.807) is 26.0 Å². The molecule has 0 aliphatic carbocycles. The van der Waals surface area contributed by atoms with Gasteiger partial charge in [-0.2, -0.15) is 0 Å². The average molecular weight is 391 g/mol. The number of aliphatic hydroxyl groups excluding tert-OH is 1. The molecule has 3 rings (SSSR count). The SMILES string of the molecule is COc1ccc(CO[C@H]2[C@H](O)[C@H](OC)[C@@H](C)O[C@@H]2Sc2ccccc2)cc1. The first-order valence-corrected chi connectivity index (χ1v) is 9.83. The molecule has 1 aliphatic heterocycles. The highest BCUT2D eigenvalue weighted by atomic mass is 32.2. The van der Waals surface area contributed by atoms with Crippen molar-refractivity contribution in [2.75, 3.05) is 14.2 Å². The minimum absolute atomic E-state index is 0.230. The lowest BCUT2D eigenvalue weighted by atomic mass is 10.0. The first-order valence-electron chi connectivity index (χ1n) is 8.95. The number of methoxy groups -OCH3 is 2. The second-order valence-corrected chi connectivity index (χ2v) is 7.63. The van der Waals surface area contributed by atoms with E-state index in [0.29, 0.717) is 6.61 Å². The van der Waals surface area contributed by atoms with Crippen molar-refractivity contribution < 1.29 is 24.1 Å². The van der Waals surface area contributed by atoms with Crippen molar-refractivity contribution in [3.8, 4) is 5.75 Å². The zero-order valence-electron chi connectivity index (χ0n) is 15.8. The maximum Gasteiger partial charge on any atom is 0.136 e. The van der Waals surface area contributed by atoms with Crippen LogP contribution in [0.5, 0.6) is 5.75 Å². The van der Waals surface area contributed by atoms with Crippen molar-refractivity contribution in [3.63, 3.8) is 0 Å². The van der Waals surface area contributed by atoms with Gasteiger partial charge in [-0.15, -0.1) is 0 Å². The average Bonchev–Trinajstić information content (AvgIpc) is 2.69. The van der Waals surface area contributed by atoms with Crippen LogP contribution in [0.3, 0.4) is 0 Å². The van der Waals surface area contributed by atoms with Crippen molar-refractivity contribution in [1.29, 1.82) is 0 Å². The van der Waals surface area contributed by atoms with Crippen LogP contribution < -0.4 is 4.74 Å².